The van der Waals surface area contributed by atoms with Crippen LogP contribution in [-0.4, -0.2) is 22.7 Å². The monoisotopic (exact) mass is 312 g/mol. The third kappa shape index (κ3) is 3.86. The molecular weight excluding hydrogens is 296 g/mol. The normalized spacial score (nSPS) is 13.9. The number of furan rings is 1. The summed E-state index contributed by atoms with van der Waals surface area (Å²) in [4.78, 5) is 11.8. The molecule has 1 amide bonds. The van der Waals surface area contributed by atoms with Gasteiger partial charge in [0.25, 0.3) is 0 Å². The fourth-order valence-electron chi connectivity index (χ4n) is 1.91. The van der Waals surface area contributed by atoms with Gasteiger partial charge in [-0.1, -0.05) is 5.16 Å². The maximum absolute atomic E-state index is 11.8. The summed E-state index contributed by atoms with van der Waals surface area (Å²) in [5.41, 5.74) is 0.157. The molecule has 2 heterocycles. The van der Waals surface area contributed by atoms with Gasteiger partial charge in [0, 0.05) is 12.0 Å². The fraction of sp³-hybridized carbons (Fsp3) is 0.429. The van der Waals surface area contributed by atoms with Crippen molar-refractivity contribution < 1.29 is 18.8 Å². The van der Waals surface area contributed by atoms with Crippen LogP contribution in [0.15, 0.2) is 27.3 Å². The minimum absolute atomic E-state index is 0.0652. The standard InChI is InChI=1S/C14H17ClN2O4/c1-9-10(13(15)21-17-9)5-6-12(18)16-8-14(2,19)11-4-3-7-20-11/h3-4,7,19H,5-6,8H2,1-2H3,(H,16,18). The number of hydrogen-bond donors (Lipinski definition) is 2. The zero-order chi connectivity index (χ0) is 15.5. The van der Waals surface area contributed by atoms with E-state index in [9.17, 15) is 9.90 Å². The molecule has 0 aliphatic heterocycles. The Bertz CT molecular complexity index is 585. The Balaban J connectivity index is 1.83. The first kappa shape index (κ1) is 15.6. The van der Waals surface area contributed by atoms with E-state index >= 15 is 0 Å². The first-order valence-electron chi connectivity index (χ1n) is 6.54. The fourth-order valence-corrected chi connectivity index (χ4v) is 2.18. The smallest absolute Gasteiger partial charge is 0.229 e. The highest BCUT2D eigenvalue weighted by Gasteiger charge is 2.26. The predicted molar refractivity (Wildman–Crippen MR) is 75.9 cm³/mol. The van der Waals surface area contributed by atoms with Gasteiger partial charge in [0.15, 0.2) is 0 Å². The van der Waals surface area contributed by atoms with Crippen LogP contribution in [0.25, 0.3) is 0 Å². The zero-order valence-corrected chi connectivity index (χ0v) is 12.6. The van der Waals surface area contributed by atoms with Crippen LogP contribution in [0.5, 0.6) is 0 Å². The molecule has 6 nitrogen and oxygen atoms in total. The number of nitrogens with one attached hydrogen (secondary N) is 1. The molecule has 0 saturated carbocycles. The molecule has 2 aromatic heterocycles. The summed E-state index contributed by atoms with van der Waals surface area (Å²) in [5, 5.41) is 16.8. The summed E-state index contributed by atoms with van der Waals surface area (Å²) in [6.45, 7) is 3.41. The Labute approximate surface area is 127 Å². The highest BCUT2D eigenvalue weighted by atomic mass is 35.5. The molecule has 0 spiro atoms. The number of amides is 1. The molecule has 2 aromatic rings. The van der Waals surface area contributed by atoms with Crippen molar-refractivity contribution in [2.45, 2.75) is 32.3 Å². The Morgan fingerprint density at radius 1 is 1.57 bits per heavy atom. The third-order valence-corrected chi connectivity index (χ3v) is 3.52. The molecule has 0 aromatic carbocycles. The highest BCUT2D eigenvalue weighted by molar-refractivity contribution is 6.29. The van der Waals surface area contributed by atoms with Crippen molar-refractivity contribution in [2.24, 2.45) is 0 Å². The number of hydrogen-bond acceptors (Lipinski definition) is 5. The van der Waals surface area contributed by atoms with E-state index in [2.05, 4.69) is 10.5 Å². The van der Waals surface area contributed by atoms with Gasteiger partial charge in [-0.05, 0) is 44.0 Å². The van der Waals surface area contributed by atoms with Crippen LogP contribution >= 0.6 is 11.6 Å². The summed E-state index contributed by atoms with van der Waals surface area (Å²) < 4.78 is 9.96. The quantitative estimate of drug-likeness (QED) is 0.853. The first-order chi connectivity index (χ1) is 9.90. The Kier molecular flexibility index (Phi) is 4.69. The maximum Gasteiger partial charge on any atom is 0.229 e. The first-order valence-corrected chi connectivity index (χ1v) is 6.91. The molecule has 0 bridgehead atoms. The lowest BCUT2D eigenvalue weighted by molar-refractivity contribution is -0.122. The topological polar surface area (TPSA) is 88.5 Å². The summed E-state index contributed by atoms with van der Waals surface area (Å²) >= 11 is 5.83. The van der Waals surface area contributed by atoms with Crippen LogP contribution in [0.2, 0.25) is 5.22 Å². The van der Waals surface area contributed by atoms with Crippen LogP contribution in [-0.2, 0) is 16.8 Å². The molecule has 0 fully saturated rings. The van der Waals surface area contributed by atoms with Gasteiger partial charge < -0.3 is 19.4 Å². The molecule has 114 valence electrons. The molecule has 21 heavy (non-hydrogen) atoms. The van der Waals surface area contributed by atoms with Crippen molar-refractivity contribution >= 4 is 17.5 Å². The molecule has 0 aliphatic carbocycles. The van der Waals surface area contributed by atoms with Crippen molar-refractivity contribution in [2.75, 3.05) is 6.54 Å². The molecular formula is C14H17ClN2O4. The number of carbonyl (C=O) groups is 1. The van der Waals surface area contributed by atoms with E-state index in [0.717, 1.165) is 5.56 Å². The predicted octanol–water partition coefficient (Wildman–Crippen LogP) is 2.19. The minimum atomic E-state index is -1.25. The molecule has 0 radical (unpaired) electrons. The molecule has 2 rings (SSSR count). The van der Waals surface area contributed by atoms with Gasteiger partial charge in [-0.25, -0.2) is 0 Å². The van der Waals surface area contributed by atoms with Crippen molar-refractivity contribution in [1.82, 2.24) is 10.5 Å². The lowest BCUT2D eigenvalue weighted by atomic mass is 10.0. The van der Waals surface area contributed by atoms with E-state index in [1.807, 2.05) is 0 Å². The molecule has 0 aliphatic rings. The number of rotatable bonds is 6. The summed E-state index contributed by atoms with van der Waals surface area (Å²) in [5.74, 6) is 0.208. The minimum Gasteiger partial charge on any atom is -0.466 e. The maximum atomic E-state index is 11.8. The van der Waals surface area contributed by atoms with Crippen molar-refractivity contribution in [3.63, 3.8) is 0 Å². The van der Waals surface area contributed by atoms with Gasteiger partial charge in [0.2, 0.25) is 11.1 Å². The van der Waals surface area contributed by atoms with Crippen molar-refractivity contribution in [3.05, 3.63) is 40.6 Å². The Morgan fingerprint density at radius 2 is 2.33 bits per heavy atom. The second-order valence-electron chi connectivity index (χ2n) is 5.05. The van der Waals surface area contributed by atoms with Crippen LogP contribution in [0.3, 0.4) is 0 Å². The van der Waals surface area contributed by atoms with Crippen molar-refractivity contribution in [1.29, 1.82) is 0 Å². The lowest BCUT2D eigenvalue weighted by Gasteiger charge is -2.21. The van der Waals surface area contributed by atoms with Gasteiger partial charge in [0.05, 0.1) is 18.5 Å². The molecule has 2 N–H and O–H groups in total. The van der Waals surface area contributed by atoms with Crippen LogP contribution in [0, 0.1) is 6.92 Å². The Morgan fingerprint density at radius 3 is 2.90 bits per heavy atom. The number of carbonyl (C=O) groups excluding carboxylic acids is 1. The van der Waals surface area contributed by atoms with Gasteiger partial charge >= 0.3 is 0 Å². The Hall–Kier alpha value is -1.79. The van der Waals surface area contributed by atoms with Crippen LogP contribution in [0.4, 0.5) is 0 Å². The number of halogens is 1. The van der Waals surface area contributed by atoms with E-state index in [4.69, 9.17) is 20.5 Å². The largest absolute Gasteiger partial charge is 0.466 e. The van der Waals surface area contributed by atoms with E-state index in [-0.39, 0.29) is 24.1 Å². The average Bonchev–Trinajstić information content (AvgIpc) is 3.06. The SMILES string of the molecule is Cc1noc(Cl)c1CCC(=O)NCC(C)(O)c1ccco1. The number of aryl methyl sites for hydroxylation is 1. The van der Waals surface area contributed by atoms with E-state index in [1.54, 1.807) is 26.0 Å². The molecule has 1 atom stereocenters. The number of aliphatic hydroxyl groups is 1. The number of nitrogens with zero attached hydrogens (tertiary/aromatic N) is 1. The van der Waals surface area contributed by atoms with Gasteiger partial charge in [-0.3, -0.25) is 4.79 Å². The number of aromatic nitrogens is 1. The van der Waals surface area contributed by atoms with Gasteiger partial charge in [0.1, 0.15) is 11.4 Å². The van der Waals surface area contributed by atoms with Gasteiger partial charge in [-0.15, -0.1) is 0 Å². The second kappa shape index (κ2) is 6.32. The van der Waals surface area contributed by atoms with Crippen LogP contribution < -0.4 is 5.32 Å². The zero-order valence-electron chi connectivity index (χ0n) is 11.9. The average molecular weight is 313 g/mol. The van der Waals surface area contributed by atoms with E-state index in [0.29, 0.717) is 17.9 Å². The summed E-state index contributed by atoms with van der Waals surface area (Å²) in [7, 11) is 0. The molecule has 1 unspecified atom stereocenters. The van der Waals surface area contributed by atoms with Crippen LogP contribution in [0.1, 0.15) is 30.4 Å². The summed E-state index contributed by atoms with van der Waals surface area (Å²) in [6.07, 6.45) is 2.14. The second-order valence-corrected chi connectivity index (χ2v) is 5.39. The molecule has 7 heteroatoms. The summed E-state index contributed by atoms with van der Waals surface area (Å²) in [6, 6.07) is 3.34. The highest BCUT2D eigenvalue weighted by Crippen LogP contribution is 2.21. The van der Waals surface area contributed by atoms with E-state index < -0.39 is 5.60 Å². The van der Waals surface area contributed by atoms with Crippen molar-refractivity contribution in [3.8, 4) is 0 Å². The third-order valence-electron chi connectivity index (χ3n) is 3.22. The molecule has 0 saturated heterocycles. The van der Waals surface area contributed by atoms with E-state index in [1.165, 1.54) is 6.26 Å². The lowest BCUT2D eigenvalue weighted by Crippen LogP contribution is -2.38. The van der Waals surface area contributed by atoms with Gasteiger partial charge in [-0.2, -0.15) is 0 Å².